The molecule has 37 heavy (non-hydrogen) atoms. The average Bonchev–Trinajstić information content (AvgIpc) is 3.20. The second-order valence-electron chi connectivity index (χ2n) is 8.19. The summed E-state index contributed by atoms with van der Waals surface area (Å²) in [5.41, 5.74) is 2.78. The number of hydrogen-bond acceptors (Lipinski definition) is 6. The number of ether oxygens (including phenoxy) is 2. The second kappa shape index (κ2) is 11.7. The molecule has 1 heterocycles. The smallest absolute Gasteiger partial charge is 0.284 e. The number of amidine groups is 1. The van der Waals surface area contributed by atoms with Gasteiger partial charge in [0.25, 0.3) is 15.9 Å². The predicted molar refractivity (Wildman–Crippen MR) is 147 cm³/mol. The van der Waals surface area contributed by atoms with Crippen LogP contribution in [0, 0.1) is 0 Å². The van der Waals surface area contributed by atoms with Gasteiger partial charge in [0.1, 0.15) is 6.61 Å². The van der Waals surface area contributed by atoms with Crippen molar-refractivity contribution < 1.29 is 22.7 Å². The number of hydrogen-bond donors (Lipinski definition) is 0. The highest BCUT2D eigenvalue weighted by atomic mass is 32.2. The molecule has 0 aliphatic carbocycles. The lowest BCUT2D eigenvalue weighted by Gasteiger charge is -2.12. The fourth-order valence-electron chi connectivity index (χ4n) is 3.69. The van der Waals surface area contributed by atoms with Crippen molar-refractivity contribution in [1.82, 2.24) is 4.90 Å². The van der Waals surface area contributed by atoms with E-state index in [-0.39, 0.29) is 16.0 Å². The molecule has 3 aromatic carbocycles. The van der Waals surface area contributed by atoms with Crippen LogP contribution in [0.3, 0.4) is 0 Å². The number of methoxy groups -OCH3 is 1. The lowest BCUT2D eigenvalue weighted by Crippen LogP contribution is -2.29. The Morgan fingerprint density at radius 2 is 1.68 bits per heavy atom. The third-order valence-corrected chi connectivity index (χ3v) is 8.16. The second-order valence-corrected chi connectivity index (χ2v) is 10.8. The molecular weight excluding hydrogens is 508 g/mol. The number of carbonyl (C=O) groups is 1. The van der Waals surface area contributed by atoms with Crippen LogP contribution in [-0.4, -0.2) is 38.0 Å². The molecule has 7 nitrogen and oxygen atoms in total. The van der Waals surface area contributed by atoms with Gasteiger partial charge < -0.3 is 9.47 Å². The van der Waals surface area contributed by atoms with Gasteiger partial charge in [-0.15, -0.1) is 4.40 Å². The van der Waals surface area contributed by atoms with Crippen LogP contribution in [0.4, 0.5) is 0 Å². The number of rotatable bonds is 9. The normalized spacial score (nSPS) is 16.0. The van der Waals surface area contributed by atoms with Crippen LogP contribution in [0.5, 0.6) is 11.5 Å². The Kier molecular flexibility index (Phi) is 8.35. The number of thioether (sulfide) groups is 1. The van der Waals surface area contributed by atoms with Gasteiger partial charge in [0, 0.05) is 6.54 Å². The van der Waals surface area contributed by atoms with E-state index in [4.69, 9.17) is 9.47 Å². The van der Waals surface area contributed by atoms with E-state index in [1.165, 1.54) is 4.90 Å². The Morgan fingerprint density at radius 1 is 0.946 bits per heavy atom. The van der Waals surface area contributed by atoms with E-state index in [0.717, 1.165) is 34.9 Å². The molecule has 0 N–H and O–H groups in total. The molecule has 0 saturated carbocycles. The first kappa shape index (κ1) is 26.5. The minimum absolute atomic E-state index is 0.0922. The minimum atomic E-state index is -3.97. The summed E-state index contributed by atoms with van der Waals surface area (Å²) in [5, 5.41) is 0.132. The molecule has 0 aromatic heterocycles. The first-order valence-electron chi connectivity index (χ1n) is 11.8. The summed E-state index contributed by atoms with van der Waals surface area (Å²) < 4.78 is 41.2. The molecule has 192 valence electrons. The van der Waals surface area contributed by atoms with E-state index >= 15 is 0 Å². The topological polar surface area (TPSA) is 85.3 Å². The Labute approximate surface area is 221 Å². The highest BCUT2D eigenvalue weighted by molar-refractivity contribution is 8.19. The van der Waals surface area contributed by atoms with Crippen molar-refractivity contribution in [3.8, 4) is 11.5 Å². The third-order valence-electron chi connectivity index (χ3n) is 5.75. The largest absolute Gasteiger partial charge is 0.493 e. The van der Waals surface area contributed by atoms with Crippen molar-refractivity contribution in [3.63, 3.8) is 0 Å². The molecule has 1 saturated heterocycles. The fourth-order valence-corrected chi connectivity index (χ4v) is 5.93. The van der Waals surface area contributed by atoms with Gasteiger partial charge in [0.15, 0.2) is 16.7 Å². The number of aryl methyl sites for hydroxylation is 1. The van der Waals surface area contributed by atoms with E-state index in [9.17, 15) is 13.2 Å². The summed E-state index contributed by atoms with van der Waals surface area (Å²) in [4.78, 5) is 14.9. The maximum atomic E-state index is 13.0. The maximum Gasteiger partial charge on any atom is 0.284 e. The van der Waals surface area contributed by atoms with Crippen LogP contribution < -0.4 is 9.47 Å². The van der Waals surface area contributed by atoms with Crippen LogP contribution in [0.15, 0.2) is 87.0 Å². The van der Waals surface area contributed by atoms with E-state index in [1.807, 2.05) is 43.3 Å². The Hall–Kier alpha value is -3.56. The van der Waals surface area contributed by atoms with Crippen LogP contribution in [0.2, 0.25) is 0 Å². The maximum absolute atomic E-state index is 13.0. The zero-order valence-corrected chi connectivity index (χ0v) is 22.5. The van der Waals surface area contributed by atoms with Crippen molar-refractivity contribution in [1.29, 1.82) is 0 Å². The van der Waals surface area contributed by atoms with Gasteiger partial charge in [0.05, 0.1) is 16.9 Å². The van der Waals surface area contributed by atoms with Crippen molar-refractivity contribution in [2.75, 3.05) is 13.7 Å². The lowest BCUT2D eigenvalue weighted by atomic mass is 10.1. The molecule has 3 aromatic rings. The molecule has 1 aliphatic rings. The monoisotopic (exact) mass is 536 g/mol. The molecule has 0 bridgehead atoms. The van der Waals surface area contributed by atoms with E-state index in [1.54, 1.807) is 56.5 Å². The Bertz CT molecular complexity index is 1430. The van der Waals surface area contributed by atoms with Gasteiger partial charge in [0.2, 0.25) is 0 Å². The molecule has 0 unspecified atom stereocenters. The number of nitrogens with zero attached hydrogens (tertiary/aromatic N) is 2. The molecule has 4 rings (SSSR count). The molecule has 1 fully saturated rings. The molecule has 1 amide bonds. The first-order valence-corrected chi connectivity index (χ1v) is 14.1. The van der Waals surface area contributed by atoms with E-state index in [2.05, 4.69) is 4.40 Å². The van der Waals surface area contributed by atoms with Crippen molar-refractivity contribution in [3.05, 3.63) is 94.4 Å². The SMILES string of the molecule is CCc1ccc(S(=O)(=O)N=C2SC(=Cc3ccc(OCc4ccccc4)c(OC)c3)C(=O)N2CC)cc1. The third kappa shape index (κ3) is 6.23. The molecule has 1 aliphatic heterocycles. The summed E-state index contributed by atoms with van der Waals surface area (Å²) in [5.74, 6) is 0.808. The summed E-state index contributed by atoms with van der Waals surface area (Å²) in [6.07, 6.45) is 2.51. The summed E-state index contributed by atoms with van der Waals surface area (Å²) >= 11 is 1.04. The summed E-state index contributed by atoms with van der Waals surface area (Å²) in [7, 11) is -2.41. The van der Waals surface area contributed by atoms with E-state index < -0.39 is 10.0 Å². The van der Waals surface area contributed by atoms with Crippen molar-refractivity contribution >= 4 is 38.9 Å². The molecule has 0 spiro atoms. The zero-order chi connectivity index (χ0) is 26.4. The number of benzene rings is 3. The molecule has 0 atom stereocenters. The van der Waals surface area contributed by atoms with Crippen LogP contribution >= 0.6 is 11.8 Å². The van der Waals surface area contributed by atoms with E-state index in [0.29, 0.717) is 29.6 Å². The molecular formula is C28H28N2O5S2. The zero-order valence-electron chi connectivity index (χ0n) is 20.9. The average molecular weight is 537 g/mol. The highest BCUT2D eigenvalue weighted by Gasteiger charge is 2.34. The number of amides is 1. The first-order chi connectivity index (χ1) is 17.8. The quantitative estimate of drug-likeness (QED) is 0.335. The van der Waals surface area contributed by atoms with Crippen LogP contribution in [-0.2, 0) is 27.8 Å². The number of carbonyl (C=O) groups excluding carboxylic acids is 1. The van der Waals surface area contributed by atoms with Crippen LogP contribution in [0.25, 0.3) is 6.08 Å². The van der Waals surface area contributed by atoms with Crippen molar-refractivity contribution in [2.24, 2.45) is 4.40 Å². The fraction of sp³-hybridized carbons (Fsp3) is 0.214. The van der Waals surface area contributed by atoms with Gasteiger partial charge in [-0.05, 0) is 72.1 Å². The number of likely N-dealkylation sites (N-methyl/N-ethyl adjacent to an activating group) is 1. The minimum Gasteiger partial charge on any atom is -0.493 e. The van der Waals surface area contributed by atoms with Crippen LogP contribution in [0.1, 0.15) is 30.5 Å². The number of sulfonamides is 1. The van der Waals surface area contributed by atoms with Gasteiger partial charge in [-0.3, -0.25) is 9.69 Å². The summed E-state index contributed by atoms with van der Waals surface area (Å²) in [6, 6.07) is 21.8. The summed E-state index contributed by atoms with van der Waals surface area (Å²) in [6.45, 7) is 4.47. The lowest BCUT2D eigenvalue weighted by molar-refractivity contribution is -0.122. The standard InChI is InChI=1S/C28H28N2O5S2/c1-4-20-11-14-23(15-12-20)37(32,33)29-28-30(5-2)27(31)26(36-28)18-22-13-16-24(25(17-22)34-3)35-19-21-9-7-6-8-10-21/h6-18H,4-5,19H2,1-3H3. The Morgan fingerprint density at radius 3 is 2.32 bits per heavy atom. The predicted octanol–water partition coefficient (Wildman–Crippen LogP) is 5.52. The van der Waals surface area contributed by atoms with Crippen molar-refractivity contribution in [2.45, 2.75) is 31.8 Å². The van der Waals surface area contributed by atoms with Gasteiger partial charge in [-0.2, -0.15) is 8.42 Å². The van der Waals surface area contributed by atoms with Gasteiger partial charge in [-0.25, -0.2) is 0 Å². The highest BCUT2D eigenvalue weighted by Crippen LogP contribution is 2.35. The molecule has 9 heteroatoms. The van der Waals surface area contributed by atoms with Gasteiger partial charge >= 0.3 is 0 Å². The Balaban J connectivity index is 1.57. The van der Waals surface area contributed by atoms with Gasteiger partial charge in [-0.1, -0.05) is 55.5 Å². The molecule has 0 radical (unpaired) electrons.